The van der Waals surface area contributed by atoms with Crippen molar-refractivity contribution in [1.29, 1.82) is 5.26 Å². The van der Waals surface area contributed by atoms with Crippen molar-refractivity contribution in [2.45, 2.75) is 39.0 Å². The molecule has 0 saturated carbocycles. The second-order valence-corrected chi connectivity index (χ2v) is 11.1. The predicted octanol–water partition coefficient (Wildman–Crippen LogP) is 8.93. The lowest BCUT2D eigenvalue weighted by Crippen LogP contribution is -1.80. The molecule has 4 aromatic rings. The second-order valence-electron chi connectivity index (χ2n) is 6.68. The molecule has 4 heterocycles. The van der Waals surface area contributed by atoms with Crippen LogP contribution < -0.4 is 0 Å². The van der Waals surface area contributed by atoms with Crippen LogP contribution in [0.1, 0.15) is 42.4 Å². The van der Waals surface area contributed by atoms with E-state index in [9.17, 15) is 0 Å². The van der Waals surface area contributed by atoms with E-state index in [1.807, 2.05) is 46.1 Å². The molecule has 0 amide bonds. The van der Waals surface area contributed by atoms with Crippen molar-refractivity contribution in [3.05, 3.63) is 58.3 Å². The fourth-order valence-corrected chi connectivity index (χ4v) is 7.24. The van der Waals surface area contributed by atoms with Gasteiger partial charge >= 0.3 is 0 Å². The molecule has 1 nitrogen and oxygen atoms in total. The Morgan fingerprint density at radius 3 is 1.75 bits per heavy atom. The monoisotopic (exact) mass is 439 g/mol. The molecule has 0 aliphatic heterocycles. The summed E-state index contributed by atoms with van der Waals surface area (Å²) in [5.41, 5.74) is 0. The first kappa shape index (κ1) is 19.6. The normalized spacial score (nSPS) is 11.0. The zero-order chi connectivity index (χ0) is 19.3. The molecule has 4 rings (SSSR count). The Morgan fingerprint density at radius 1 is 0.643 bits per heavy atom. The molecule has 0 aromatic carbocycles. The third-order valence-electron chi connectivity index (χ3n) is 4.60. The van der Waals surface area contributed by atoms with Gasteiger partial charge in [-0.3, -0.25) is 0 Å². The zero-order valence-corrected chi connectivity index (χ0v) is 19.0. The Morgan fingerprint density at radius 2 is 1.18 bits per heavy atom. The van der Waals surface area contributed by atoms with Gasteiger partial charge < -0.3 is 0 Å². The first-order valence-corrected chi connectivity index (χ1v) is 12.8. The van der Waals surface area contributed by atoms with Crippen LogP contribution in [0.25, 0.3) is 29.3 Å². The first-order chi connectivity index (χ1) is 13.8. The molecule has 28 heavy (non-hydrogen) atoms. The van der Waals surface area contributed by atoms with E-state index in [1.54, 1.807) is 11.3 Å². The molecular weight excluding hydrogens is 419 g/mol. The molecule has 5 heteroatoms. The Balaban J connectivity index is 1.46. The maximum Gasteiger partial charge on any atom is 0.110 e. The van der Waals surface area contributed by atoms with Gasteiger partial charge in [-0.1, -0.05) is 26.2 Å². The van der Waals surface area contributed by atoms with Gasteiger partial charge in [-0.2, -0.15) is 5.26 Å². The second kappa shape index (κ2) is 9.19. The highest BCUT2D eigenvalue weighted by atomic mass is 32.1. The highest BCUT2D eigenvalue weighted by molar-refractivity contribution is 7.28. The Bertz CT molecular complexity index is 1090. The van der Waals surface area contributed by atoms with Gasteiger partial charge in [-0.15, -0.1) is 45.3 Å². The number of nitriles is 1. The number of hydrogen-bond acceptors (Lipinski definition) is 5. The fourth-order valence-electron chi connectivity index (χ4n) is 3.11. The van der Waals surface area contributed by atoms with Crippen molar-refractivity contribution < 1.29 is 0 Å². The van der Waals surface area contributed by atoms with E-state index in [2.05, 4.69) is 49.4 Å². The summed E-state index contributed by atoms with van der Waals surface area (Å²) in [4.78, 5) is 10.1. The summed E-state index contributed by atoms with van der Waals surface area (Å²) in [6.07, 6.45) is 6.50. The number of aryl methyl sites for hydroxylation is 1. The minimum atomic E-state index is 0.770. The number of nitrogens with zero attached hydrogens (tertiary/aromatic N) is 1. The summed E-state index contributed by atoms with van der Waals surface area (Å²) in [7, 11) is 0. The highest BCUT2D eigenvalue weighted by Crippen LogP contribution is 2.42. The van der Waals surface area contributed by atoms with E-state index in [4.69, 9.17) is 5.26 Å². The average Bonchev–Trinajstić information content (AvgIpc) is 3.49. The van der Waals surface area contributed by atoms with Crippen molar-refractivity contribution in [1.82, 2.24) is 0 Å². The van der Waals surface area contributed by atoms with Gasteiger partial charge in [0.2, 0.25) is 0 Å². The standard InChI is InChI=1S/C23H21NS4/c1-2-3-4-5-6-16-7-9-18(25-16)20-11-13-22(27-20)23-14-12-21(28-23)19-10-8-17(15-24)26-19/h7-14H,2-6H2,1H3. The van der Waals surface area contributed by atoms with E-state index >= 15 is 0 Å². The van der Waals surface area contributed by atoms with Crippen LogP contribution in [0.5, 0.6) is 0 Å². The predicted molar refractivity (Wildman–Crippen MR) is 127 cm³/mol. The molecule has 0 fully saturated rings. The van der Waals surface area contributed by atoms with E-state index in [0.29, 0.717) is 0 Å². The van der Waals surface area contributed by atoms with E-state index in [-0.39, 0.29) is 0 Å². The van der Waals surface area contributed by atoms with Crippen LogP contribution in [0, 0.1) is 11.3 Å². The highest BCUT2D eigenvalue weighted by Gasteiger charge is 2.11. The van der Waals surface area contributed by atoms with Crippen molar-refractivity contribution in [2.75, 3.05) is 0 Å². The molecule has 0 bridgehead atoms. The number of rotatable bonds is 8. The minimum Gasteiger partial charge on any atom is -0.192 e. The van der Waals surface area contributed by atoms with Gasteiger partial charge in [0.25, 0.3) is 0 Å². The Kier molecular flexibility index (Phi) is 6.43. The molecule has 0 unspecified atom stereocenters. The Labute approximate surface area is 182 Å². The molecule has 0 aliphatic carbocycles. The van der Waals surface area contributed by atoms with Crippen LogP contribution in [0.15, 0.2) is 48.5 Å². The molecule has 0 spiro atoms. The molecule has 0 atom stereocenters. The summed E-state index contributed by atoms with van der Waals surface area (Å²) in [6, 6.07) is 19.6. The van der Waals surface area contributed by atoms with Gasteiger partial charge in [0.05, 0.1) is 0 Å². The van der Waals surface area contributed by atoms with Crippen LogP contribution in [0.2, 0.25) is 0 Å². The van der Waals surface area contributed by atoms with Crippen LogP contribution >= 0.6 is 45.3 Å². The van der Waals surface area contributed by atoms with Crippen LogP contribution in [-0.4, -0.2) is 0 Å². The minimum absolute atomic E-state index is 0.770. The number of unbranched alkanes of at least 4 members (excludes halogenated alkanes) is 3. The van der Waals surface area contributed by atoms with Crippen molar-refractivity contribution in [2.24, 2.45) is 0 Å². The van der Waals surface area contributed by atoms with Crippen molar-refractivity contribution in [3.8, 4) is 35.3 Å². The van der Waals surface area contributed by atoms with Gasteiger partial charge in [0, 0.05) is 34.1 Å². The third-order valence-corrected chi connectivity index (χ3v) is 9.49. The lowest BCUT2D eigenvalue weighted by Gasteiger charge is -1.96. The van der Waals surface area contributed by atoms with E-state index in [1.165, 1.54) is 66.2 Å². The maximum absolute atomic E-state index is 9.03. The topological polar surface area (TPSA) is 23.8 Å². The van der Waals surface area contributed by atoms with Crippen molar-refractivity contribution in [3.63, 3.8) is 0 Å². The average molecular weight is 440 g/mol. The summed E-state index contributed by atoms with van der Waals surface area (Å²) < 4.78 is 0. The third kappa shape index (κ3) is 4.47. The molecule has 4 aromatic heterocycles. The number of thiophene rings is 4. The van der Waals surface area contributed by atoms with E-state index < -0.39 is 0 Å². The summed E-state index contributed by atoms with van der Waals surface area (Å²) >= 11 is 7.19. The molecular formula is C23H21NS4. The summed E-state index contributed by atoms with van der Waals surface area (Å²) in [5.74, 6) is 0. The zero-order valence-electron chi connectivity index (χ0n) is 15.7. The van der Waals surface area contributed by atoms with E-state index in [0.717, 1.165) is 4.88 Å². The van der Waals surface area contributed by atoms with Crippen LogP contribution in [0.3, 0.4) is 0 Å². The van der Waals surface area contributed by atoms with Crippen LogP contribution in [0.4, 0.5) is 0 Å². The lowest BCUT2D eigenvalue weighted by molar-refractivity contribution is 0.670. The first-order valence-electron chi connectivity index (χ1n) is 9.56. The largest absolute Gasteiger partial charge is 0.192 e. The molecule has 0 N–H and O–H groups in total. The summed E-state index contributed by atoms with van der Waals surface area (Å²) in [6.45, 7) is 2.26. The Hall–Kier alpha value is -1.71. The number of hydrogen-bond donors (Lipinski definition) is 0. The lowest BCUT2D eigenvalue weighted by atomic mass is 10.1. The van der Waals surface area contributed by atoms with Crippen molar-refractivity contribution >= 4 is 45.3 Å². The van der Waals surface area contributed by atoms with Gasteiger partial charge in [-0.05, 0) is 61.4 Å². The molecule has 0 saturated heterocycles. The maximum atomic E-state index is 9.03. The molecule has 142 valence electrons. The van der Waals surface area contributed by atoms with Crippen LogP contribution in [-0.2, 0) is 6.42 Å². The quantitative estimate of drug-likeness (QED) is 0.251. The van der Waals surface area contributed by atoms with Gasteiger partial charge in [-0.25, -0.2) is 0 Å². The van der Waals surface area contributed by atoms with Gasteiger partial charge in [0.15, 0.2) is 0 Å². The fraction of sp³-hybridized carbons (Fsp3) is 0.261. The molecule has 0 aliphatic rings. The smallest absolute Gasteiger partial charge is 0.110 e. The molecule has 0 radical (unpaired) electrons. The SMILES string of the molecule is CCCCCCc1ccc(-c2ccc(-c3ccc(-c4ccc(C#N)s4)s3)s2)s1. The summed E-state index contributed by atoms with van der Waals surface area (Å²) in [5, 5.41) is 9.03. The van der Waals surface area contributed by atoms with Gasteiger partial charge in [0.1, 0.15) is 10.9 Å².